The van der Waals surface area contributed by atoms with Crippen LogP contribution in [0.2, 0.25) is 4.47 Å². The summed E-state index contributed by atoms with van der Waals surface area (Å²) >= 11 is 7.09. The van der Waals surface area contributed by atoms with E-state index in [9.17, 15) is 10.1 Å². The summed E-state index contributed by atoms with van der Waals surface area (Å²) in [5.41, 5.74) is 0. The van der Waals surface area contributed by atoms with Crippen molar-refractivity contribution in [1.29, 1.82) is 0 Å². The molecule has 6 nitrogen and oxygen atoms in total. The van der Waals surface area contributed by atoms with Crippen molar-refractivity contribution in [2.75, 3.05) is 6.54 Å². The lowest BCUT2D eigenvalue weighted by molar-refractivity contribution is -0.404. The van der Waals surface area contributed by atoms with Crippen molar-refractivity contribution in [2.45, 2.75) is 6.54 Å². The molecule has 0 radical (unpaired) electrons. The number of hydrogen-bond acceptors (Lipinski definition) is 6. The minimum atomic E-state index is -0.478. The van der Waals surface area contributed by atoms with Crippen molar-refractivity contribution in [3.8, 4) is 0 Å². The molecule has 0 aliphatic carbocycles. The van der Waals surface area contributed by atoms with Gasteiger partial charge in [0.2, 0.25) is 0 Å². The molecule has 1 aromatic rings. The monoisotopic (exact) mass is 272 g/mol. The summed E-state index contributed by atoms with van der Waals surface area (Å²) in [6.45, 7) is 1.09. The third-order valence-corrected chi connectivity index (χ3v) is 3.17. The second-order valence-electron chi connectivity index (χ2n) is 3.27. The van der Waals surface area contributed by atoms with Gasteiger partial charge >= 0.3 is 0 Å². The largest absolute Gasteiger partial charge is 0.363 e. The van der Waals surface area contributed by atoms with E-state index in [2.05, 4.69) is 10.3 Å². The van der Waals surface area contributed by atoms with E-state index in [1.165, 1.54) is 11.3 Å². The topological polar surface area (TPSA) is 71.3 Å². The van der Waals surface area contributed by atoms with Gasteiger partial charge in [-0.2, -0.15) is 0 Å². The Labute approximate surface area is 106 Å². The molecule has 8 heteroatoms. The van der Waals surface area contributed by atoms with E-state index in [-0.39, 0.29) is 0 Å². The standard InChI is InChI=1S/C9H9ClN4O2S/c10-9-12-4-7(17-9)5-13-3-1-2-11-8(13)6-14(15)16/h1,3-4,6,11H,2,5H2. The molecule has 2 heterocycles. The zero-order valence-corrected chi connectivity index (χ0v) is 10.2. The van der Waals surface area contributed by atoms with E-state index in [0.717, 1.165) is 11.1 Å². The maximum absolute atomic E-state index is 10.5. The molecule has 1 aliphatic heterocycles. The summed E-state index contributed by atoms with van der Waals surface area (Å²) in [5, 5.41) is 13.4. The minimum absolute atomic E-state index is 0.460. The number of nitrogens with one attached hydrogen (secondary N) is 1. The third-order valence-electron chi connectivity index (χ3n) is 2.08. The molecule has 0 saturated carbocycles. The highest BCUT2D eigenvalue weighted by atomic mass is 35.5. The Morgan fingerprint density at radius 1 is 1.76 bits per heavy atom. The third kappa shape index (κ3) is 3.18. The van der Waals surface area contributed by atoms with Gasteiger partial charge in [-0.25, -0.2) is 4.98 Å². The molecule has 1 N–H and O–H groups in total. The average molecular weight is 273 g/mol. The quantitative estimate of drug-likeness (QED) is 0.671. The molecule has 1 aliphatic rings. The summed E-state index contributed by atoms with van der Waals surface area (Å²) in [5.74, 6) is 0.460. The van der Waals surface area contributed by atoms with Crippen molar-refractivity contribution in [1.82, 2.24) is 15.2 Å². The fourth-order valence-electron chi connectivity index (χ4n) is 1.41. The number of thiazole rings is 1. The van der Waals surface area contributed by atoms with Crippen LogP contribution in [0.25, 0.3) is 0 Å². The summed E-state index contributed by atoms with van der Waals surface area (Å²) in [6, 6.07) is 0. The number of hydrogen-bond donors (Lipinski definition) is 1. The normalized spacial score (nSPS) is 17.2. The van der Waals surface area contributed by atoms with Crippen LogP contribution in [0.5, 0.6) is 0 Å². The first-order valence-electron chi connectivity index (χ1n) is 4.78. The van der Waals surface area contributed by atoms with Gasteiger partial charge in [-0.05, 0) is 6.08 Å². The smallest absolute Gasteiger partial charge is 0.274 e. The first kappa shape index (κ1) is 11.9. The summed E-state index contributed by atoms with van der Waals surface area (Å²) in [6.07, 6.45) is 6.31. The van der Waals surface area contributed by atoms with Gasteiger partial charge < -0.3 is 10.2 Å². The van der Waals surface area contributed by atoms with Gasteiger partial charge in [-0.3, -0.25) is 10.1 Å². The van der Waals surface area contributed by atoms with Crippen LogP contribution in [0, 0.1) is 10.1 Å². The maximum atomic E-state index is 10.5. The molecule has 0 saturated heterocycles. The molecule has 17 heavy (non-hydrogen) atoms. The fourth-order valence-corrected chi connectivity index (χ4v) is 2.38. The van der Waals surface area contributed by atoms with Crippen LogP contribution in [0.15, 0.2) is 30.5 Å². The highest BCUT2D eigenvalue weighted by molar-refractivity contribution is 7.15. The van der Waals surface area contributed by atoms with E-state index >= 15 is 0 Å². The summed E-state index contributed by atoms with van der Waals surface area (Å²) < 4.78 is 0.466. The molecular formula is C9H9ClN4O2S. The molecule has 2 rings (SSSR count). The van der Waals surface area contributed by atoms with E-state index in [0.29, 0.717) is 23.4 Å². The van der Waals surface area contributed by atoms with Gasteiger partial charge in [0.15, 0.2) is 10.3 Å². The van der Waals surface area contributed by atoms with Crippen LogP contribution < -0.4 is 5.32 Å². The average Bonchev–Trinajstić information content (AvgIpc) is 2.66. The molecule has 90 valence electrons. The second-order valence-corrected chi connectivity index (χ2v) is 4.97. The van der Waals surface area contributed by atoms with Gasteiger partial charge in [0.05, 0.1) is 11.5 Å². The van der Waals surface area contributed by atoms with Crippen molar-refractivity contribution in [2.24, 2.45) is 0 Å². The Morgan fingerprint density at radius 3 is 3.24 bits per heavy atom. The van der Waals surface area contributed by atoms with Crippen LogP contribution in [0.1, 0.15) is 4.88 Å². The Bertz CT molecular complexity index is 485. The molecule has 1 aromatic heterocycles. The van der Waals surface area contributed by atoms with Gasteiger partial charge in [0.25, 0.3) is 6.20 Å². The number of rotatable bonds is 3. The summed E-state index contributed by atoms with van der Waals surface area (Å²) in [4.78, 5) is 16.6. The molecule has 0 amide bonds. The van der Waals surface area contributed by atoms with E-state index in [1.807, 2.05) is 6.08 Å². The van der Waals surface area contributed by atoms with Crippen molar-refractivity contribution < 1.29 is 4.92 Å². The van der Waals surface area contributed by atoms with Crippen molar-refractivity contribution in [3.63, 3.8) is 0 Å². The van der Waals surface area contributed by atoms with Crippen molar-refractivity contribution in [3.05, 3.63) is 50.0 Å². The molecule has 0 spiro atoms. The predicted molar refractivity (Wildman–Crippen MR) is 64.9 cm³/mol. The van der Waals surface area contributed by atoms with Gasteiger partial charge in [0, 0.05) is 23.8 Å². The van der Waals surface area contributed by atoms with Gasteiger partial charge in [-0.15, -0.1) is 11.3 Å². The van der Waals surface area contributed by atoms with Gasteiger partial charge in [0.1, 0.15) is 0 Å². The lowest BCUT2D eigenvalue weighted by Gasteiger charge is -2.24. The summed E-state index contributed by atoms with van der Waals surface area (Å²) in [7, 11) is 0. The number of aromatic nitrogens is 1. The minimum Gasteiger partial charge on any atom is -0.363 e. The Morgan fingerprint density at radius 2 is 2.59 bits per heavy atom. The van der Waals surface area contributed by atoms with Crippen LogP contribution >= 0.6 is 22.9 Å². The van der Waals surface area contributed by atoms with E-state index in [1.54, 1.807) is 17.3 Å². The van der Waals surface area contributed by atoms with Crippen LogP contribution in [-0.4, -0.2) is 21.4 Å². The van der Waals surface area contributed by atoms with Crippen LogP contribution in [0.3, 0.4) is 0 Å². The predicted octanol–water partition coefficient (Wildman–Crippen LogP) is 1.79. The first-order chi connectivity index (χ1) is 8.15. The fraction of sp³-hybridized carbons (Fsp3) is 0.222. The number of nitrogens with zero attached hydrogens (tertiary/aromatic N) is 3. The first-order valence-corrected chi connectivity index (χ1v) is 5.97. The molecule has 0 bridgehead atoms. The zero-order chi connectivity index (χ0) is 12.3. The highest BCUT2D eigenvalue weighted by Gasteiger charge is 2.15. The molecular weight excluding hydrogens is 264 g/mol. The zero-order valence-electron chi connectivity index (χ0n) is 8.67. The highest BCUT2D eigenvalue weighted by Crippen LogP contribution is 2.21. The Hall–Kier alpha value is -1.60. The molecule has 0 atom stereocenters. The molecule has 0 unspecified atom stereocenters. The van der Waals surface area contributed by atoms with Crippen LogP contribution in [-0.2, 0) is 6.54 Å². The maximum Gasteiger partial charge on any atom is 0.274 e. The number of nitro groups is 1. The molecule has 0 fully saturated rings. The molecule has 0 aromatic carbocycles. The van der Waals surface area contributed by atoms with E-state index < -0.39 is 4.92 Å². The van der Waals surface area contributed by atoms with Gasteiger partial charge in [-0.1, -0.05) is 11.6 Å². The Balaban J connectivity index is 2.14. The number of halogens is 1. The lowest BCUT2D eigenvalue weighted by Crippen LogP contribution is -2.32. The SMILES string of the molecule is O=[N+]([O-])C=C1NCC=CN1Cc1cnc(Cl)s1. The van der Waals surface area contributed by atoms with Crippen LogP contribution in [0.4, 0.5) is 0 Å². The Kier molecular flexibility index (Phi) is 3.60. The van der Waals surface area contributed by atoms with Crippen molar-refractivity contribution >= 4 is 22.9 Å². The van der Waals surface area contributed by atoms with E-state index in [4.69, 9.17) is 11.6 Å². The lowest BCUT2D eigenvalue weighted by atomic mass is 10.4. The second kappa shape index (κ2) is 5.15.